The number of likely N-dealkylation sites (tertiary alicyclic amines) is 2. The Bertz CT molecular complexity index is 2610. The van der Waals surface area contributed by atoms with E-state index in [1.807, 2.05) is 121 Å². The number of nitrogens with one attached hydrogen (secondary N) is 7. The SMILES string of the molecule is CN[C@@H](C)C(=O)N[C@H](C(=O)N1CCC[C@H]1C(=O)C[C@H](C(=O)NCCCCCCNC(=O)[C@@H](NC(=O)[C@@H]1CCCN1C(=O)[C@@H](NC(=O)[C@H](C)NC)C1CCCCC1)C(c1ccccc1)c1ccccc1)C(c1ccccc1)c1ccccc1)C1CCCCC1. The second kappa shape index (κ2) is 33.9. The third-order valence-corrected chi connectivity index (χ3v) is 19.2. The maximum atomic E-state index is 14.9. The van der Waals surface area contributed by atoms with E-state index in [0.717, 1.165) is 99.3 Å². The number of hydrogen-bond donors (Lipinski definition) is 7. The van der Waals surface area contributed by atoms with Gasteiger partial charge in [-0.2, -0.15) is 0 Å². The van der Waals surface area contributed by atoms with Gasteiger partial charge >= 0.3 is 0 Å². The molecule has 474 valence electrons. The van der Waals surface area contributed by atoms with E-state index >= 15 is 0 Å². The molecule has 2 aliphatic heterocycles. The fraction of sp³-hybridized carbons (Fsp3) is 0.549. The molecule has 17 heteroatoms. The van der Waals surface area contributed by atoms with E-state index in [9.17, 15) is 38.4 Å². The highest BCUT2D eigenvalue weighted by atomic mass is 16.2. The van der Waals surface area contributed by atoms with Crippen LogP contribution in [-0.4, -0.2) is 140 Å². The number of hydrogen-bond acceptors (Lipinski definition) is 10. The van der Waals surface area contributed by atoms with Crippen LogP contribution in [0.5, 0.6) is 0 Å². The first kappa shape index (κ1) is 66.7. The standard InChI is InChI=1S/C71H97N9O8/c1-48(72-3)65(82)76-62(54-37-21-11-22-38-54)70(87)79-45-27-41-57(79)59(81)47-56(60(50-29-13-7-14-30-50)51-31-15-8-16-32-51)67(84)74-43-25-5-6-26-44-75-69(86)64(61(52-33-17-9-18-34-52)53-35-19-10-20-36-53)78-68(85)58-42-28-46-80(58)71(88)63(55-39-23-12-24-40-55)77-66(83)49(2)73-4/h7-10,13-20,29-36,48-49,54-58,60-64,72-73H,5-6,11-12,21-28,37-47H2,1-4H3,(H,74,84)(H,75,86)(H,76,82)(H,77,83)(H,78,85)/t48-,49-,56-,57-,58-,62-,63-,64-/m0/s1. The Morgan fingerprint density at radius 3 is 1.24 bits per heavy atom. The third-order valence-electron chi connectivity index (χ3n) is 19.2. The summed E-state index contributed by atoms with van der Waals surface area (Å²) in [5.41, 5.74) is 3.49. The highest BCUT2D eigenvalue weighted by Gasteiger charge is 2.45. The zero-order chi connectivity index (χ0) is 62.4. The summed E-state index contributed by atoms with van der Waals surface area (Å²) in [5, 5.41) is 21.6. The zero-order valence-electron chi connectivity index (χ0n) is 52.4. The van der Waals surface area contributed by atoms with Gasteiger partial charge in [-0.1, -0.05) is 173 Å². The number of likely N-dealkylation sites (N-methyl/N-ethyl adjacent to an activating group) is 2. The molecule has 0 radical (unpaired) electrons. The molecule has 8 rings (SSSR count). The molecule has 0 bridgehead atoms. The van der Waals surface area contributed by atoms with Crippen LogP contribution >= 0.6 is 0 Å². The summed E-state index contributed by atoms with van der Waals surface area (Å²) in [6.45, 7) is 4.99. The van der Waals surface area contributed by atoms with Gasteiger partial charge in [0.2, 0.25) is 41.4 Å². The predicted octanol–water partition coefficient (Wildman–Crippen LogP) is 7.83. The summed E-state index contributed by atoms with van der Waals surface area (Å²) in [5.74, 6) is -4.06. The van der Waals surface area contributed by atoms with Crippen molar-refractivity contribution in [3.63, 3.8) is 0 Å². The van der Waals surface area contributed by atoms with Gasteiger partial charge in [-0.15, -0.1) is 0 Å². The fourth-order valence-corrected chi connectivity index (χ4v) is 13.9. The van der Waals surface area contributed by atoms with Gasteiger partial charge in [0.1, 0.15) is 24.2 Å². The Hall–Kier alpha value is -7.24. The molecule has 2 aliphatic carbocycles. The Balaban J connectivity index is 0.921. The molecule has 7 amide bonds. The number of amides is 7. The van der Waals surface area contributed by atoms with Gasteiger partial charge in [0.05, 0.1) is 24.0 Å². The first-order chi connectivity index (χ1) is 42.8. The largest absolute Gasteiger partial charge is 0.356 e. The lowest BCUT2D eigenvalue weighted by atomic mass is 9.77. The average Bonchev–Trinajstić information content (AvgIpc) is 4.40. The normalized spacial score (nSPS) is 19.4. The second-order valence-corrected chi connectivity index (χ2v) is 25.0. The number of unbranched alkanes of at least 4 members (excludes halogenated alkanes) is 3. The summed E-state index contributed by atoms with van der Waals surface area (Å²) in [6.07, 6.45) is 14.2. The molecule has 2 heterocycles. The first-order valence-electron chi connectivity index (χ1n) is 32.9. The third kappa shape index (κ3) is 17.8. The van der Waals surface area contributed by atoms with E-state index < -0.39 is 66.0 Å². The Labute approximate surface area is 521 Å². The molecule has 4 aromatic carbocycles. The van der Waals surface area contributed by atoms with E-state index in [4.69, 9.17) is 0 Å². The molecule has 0 aromatic heterocycles. The van der Waals surface area contributed by atoms with Crippen molar-refractivity contribution in [1.82, 2.24) is 47.0 Å². The van der Waals surface area contributed by atoms with Crippen LogP contribution in [0.15, 0.2) is 121 Å². The fourth-order valence-electron chi connectivity index (χ4n) is 13.9. The van der Waals surface area contributed by atoms with Crippen LogP contribution in [0, 0.1) is 17.8 Å². The van der Waals surface area contributed by atoms with Gasteiger partial charge in [0.15, 0.2) is 5.78 Å². The van der Waals surface area contributed by atoms with Crippen molar-refractivity contribution < 1.29 is 38.4 Å². The molecular formula is C71H97N9O8. The summed E-state index contributed by atoms with van der Waals surface area (Å²) < 4.78 is 0. The summed E-state index contributed by atoms with van der Waals surface area (Å²) >= 11 is 0. The molecule has 0 unspecified atom stereocenters. The Morgan fingerprint density at radius 2 is 0.818 bits per heavy atom. The van der Waals surface area contributed by atoms with Gasteiger partial charge in [-0.05, 0) is 126 Å². The van der Waals surface area contributed by atoms with E-state index in [1.54, 1.807) is 37.7 Å². The van der Waals surface area contributed by atoms with Crippen molar-refractivity contribution in [2.75, 3.05) is 40.3 Å². The van der Waals surface area contributed by atoms with Gasteiger partial charge < -0.3 is 47.0 Å². The van der Waals surface area contributed by atoms with Gasteiger partial charge in [-0.25, -0.2) is 0 Å². The molecule has 8 atom stereocenters. The van der Waals surface area contributed by atoms with Crippen LogP contribution in [0.4, 0.5) is 0 Å². The molecule has 0 spiro atoms. The van der Waals surface area contributed by atoms with Crippen LogP contribution in [-0.2, 0) is 38.4 Å². The van der Waals surface area contributed by atoms with Crippen LogP contribution in [0.25, 0.3) is 0 Å². The van der Waals surface area contributed by atoms with Crippen molar-refractivity contribution >= 4 is 47.1 Å². The number of carbonyl (C=O) groups is 8. The van der Waals surface area contributed by atoms with E-state index in [0.29, 0.717) is 64.7 Å². The van der Waals surface area contributed by atoms with Crippen LogP contribution in [0.1, 0.15) is 170 Å². The first-order valence-corrected chi connectivity index (χ1v) is 32.9. The van der Waals surface area contributed by atoms with Crippen molar-refractivity contribution in [3.05, 3.63) is 144 Å². The minimum Gasteiger partial charge on any atom is -0.356 e. The molecule has 4 fully saturated rings. The summed E-state index contributed by atoms with van der Waals surface area (Å²) in [4.78, 5) is 119. The van der Waals surface area contributed by atoms with Gasteiger partial charge in [0, 0.05) is 44.4 Å². The number of benzene rings is 4. The van der Waals surface area contributed by atoms with Crippen LogP contribution in [0.2, 0.25) is 0 Å². The minimum absolute atomic E-state index is 0.0253. The van der Waals surface area contributed by atoms with E-state index in [-0.39, 0.29) is 59.5 Å². The number of rotatable bonds is 30. The van der Waals surface area contributed by atoms with Crippen molar-refractivity contribution in [1.29, 1.82) is 0 Å². The maximum Gasteiger partial charge on any atom is 0.246 e. The van der Waals surface area contributed by atoms with Crippen molar-refractivity contribution in [2.24, 2.45) is 17.8 Å². The minimum atomic E-state index is -1.04. The Kier molecular flexibility index (Phi) is 25.7. The molecule has 4 aliphatic rings. The summed E-state index contributed by atoms with van der Waals surface area (Å²) in [6, 6.07) is 33.8. The predicted molar refractivity (Wildman–Crippen MR) is 343 cm³/mol. The highest BCUT2D eigenvalue weighted by Crippen LogP contribution is 2.38. The molecule has 4 aromatic rings. The quantitative estimate of drug-likeness (QED) is 0.0251. The smallest absolute Gasteiger partial charge is 0.246 e. The number of carbonyl (C=O) groups excluding carboxylic acids is 8. The van der Waals surface area contributed by atoms with Gasteiger partial charge in [0.25, 0.3) is 0 Å². The van der Waals surface area contributed by atoms with Gasteiger partial charge in [-0.3, -0.25) is 38.4 Å². The number of ketones is 1. The monoisotopic (exact) mass is 1200 g/mol. The lowest BCUT2D eigenvalue weighted by Crippen LogP contribution is -2.59. The number of nitrogens with zero attached hydrogens (tertiary/aromatic N) is 2. The second-order valence-electron chi connectivity index (χ2n) is 25.0. The molecule has 2 saturated heterocycles. The number of Topliss-reactive ketones (excluding diaryl/α,β-unsaturated/α-hetero) is 1. The maximum absolute atomic E-state index is 14.9. The molecule has 88 heavy (non-hydrogen) atoms. The Morgan fingerprint density at radius 1 is 0.432 bits per heavy atom. The summed E-state index contributed by atoms with van der Waals surface area (Å²) in [7, 11) is 3.42. The van der Waals surface area contributed by atoms with E-state index in [1.165, 1.54) is 0 Å². The molecule has 2 saturated carbocycles. The molecule has 7 N–H and O–H groups in total. The molecule has 17 nitrogen and oxygen atoms in total. The topological polar surface area (TPSA) is 227 Å². The van der Waals surface area contributed by atoms with E-state index in [2.05, 4.69) is 37.2 Å². The van der Waals surface area contributed by atoms with Crippen LogP contribution in [0.3, 0.4) is 0 Å². The van der Waals surface area contributed by atoms with Crippen molar-refractivity contribution in [3.8, 4) is 0 Å². The zero-order valence-corrected chi connectivity index (χ0v) is 52.4. The lowest BCUT2D eigenvalue weighted by molar-refractivity contribution is -0.143. The lowest BCUT2D eigenvalue weighted by Gasteiger charge is -2.36. The highest BCUT2D eigenvalue weighted by molar-refractivity contribution is 5.97. The average molecular weight is 1200 g/mol. The van der Waals surface area contributed by atoms with Crippen LogP contribution < -0.4 is 37.2 Å². The van der Waals surface area contributed by atoms with Crippen molar-refractivity contribution in [2.45, 2.75) is 190 Å². The molecular weight excluding hydrogens is 1110 g/mol.